The molecule has 1 aliphatic heterocycles. The second-order valence-electron chi connectivity index (χ2n) is 8.73. The molecular formula is C29H24ClN3O5S. The number of anilines is 1. The Morgan fingerprint density at radius 1 is 1.10 bits per heavy atom. The summed E-state index contributed by atoms with van der Waals surface area (Å²) < 4.78 is 12.5. The number of aromatic nitrogens is 1. The van der Waals surface area contributed by atoms with Gasteiger partial charge in [0.25, 0.3) is 11.5 Å². The summed E-state index contributed by atoms with van der Waals surface area (Å²) in [7, 11) is 2.98. The van der Waals surface area contributed by atoms with E-state index in [1.807, 2.05) is 30.3 Å². The van der Waals surface area contributed by atoms with Gasteiger partial charge in [0.15, 0.2) is 16.3 Å². The molecule has 5 rings (SSSR count). The average molecular weight is 562 g/mol. The van der Waals surface area contributed by atoms with Crippen LogP contribution >= 0.6 is 22.9 Å². The van der Waals surface area contributed by atoms with Crippen molar-refractivity contribution in [3.05, 3.63) is 114 Å². The number of rotatable bonds is 6. The molecule has 0 radical (unpaired) electrons. The number of carbonyl (C=O) groups is 1. The fourth-order valence-electron chi connectivity index (χ4n) is 4.44. The molecule has 0 spiro atoms. The maximum Gasteiger partial charge on any atom is 0.271 e. The Kier molecular flexibility index (Phi) is 7.28. The quantitative estimate of drug-likeness (QED) is 0.366. The largest absolute Gasteiger partial charge is 0.503 e. The Morgan fingerprint density at radius 3 is 2.59 bits per heavy atom. The van der Waals surface area contributed by atoms with E-state index in [1.165, 1.54) is 23.0 Å². The lowest BCUT2D eigenvalue weighted by molar-refractivity contribution is -0.113. The molecular weight excluding hydrogens is 538 g/mol. The number of benzene rings is 3. The van der Waals surface area contributed by atoms with Crippen molar-refractivity contribution in [2.24, 2.45) is 4.99 Å². The smallest absolute Gasteiger partial charge is 0.271 e. The van der Waals surface area contributed by atoms with E-state index in [4.69, 9.17) is 21.1 Å². The lowest BCUT2D eigenvalue weighted by atomic mass is 9.95. The summed E-state index contributed by atoms with van der Waals surface area (Å²) in [5.41, 5.74) is 2.41. The molecule has 3 aromatic carbocycles. The highest BCUT2D eigenvalue weighted by atomic mass is 35.5. The van der Waals surface area contributed by atoms with Crippen LogP contribution in [0.2, 0.25) is 5.02 Å². The first-order chi connectivity index (χ1) is 18.8. The number of fused-ring (bicyclic) bond motifs is 1. The SMILES string of the molecule is COc1cccc([C@H]2C(C(=O)Nc3ccccc3)=C(C)N=c3s/c(=C\c4cc(Cl)c(O)c(OC)c4)c(=O)n32)c1. The van der Waals surface area contributed by atoms with Crippen molar-refractivity contribution in [3.63, 3.8) is 0 Å². The molecule has 0 aliphatic carbocycles. The van der Waals surface area contributed by atoms with Crippen LogP contribution in [-0.4, -0.2) is 29.8 Å². The van der Waals surface area contributed by atoms with Crippen LogP contribution in [0.25, 0.3) is 6.08 Å². The predicted molar refractivity (Wildman–Crippen MR) is 152 cm³/mol. The summed E-state index contributed by atoms with van der Waals surface area (Å²) in [6.07, 6.45) is 1.66. The first kappa shape index (κ1) is 26.3. The molecule has 10 heteroatoms. The minimum Gasteiger partial charge on any atom is -0.503 e. The van der Waals surface area contributed by atoms with Crippen molar-refractivity contribution >= 4 is 40.6 Å². The standard InChI is InChI=1S/C29H24ClN3O5S/c1-16-24(27(35)32-19-9-5-4-6-10-19)25(18-8-7-11-20(15-18)37-2)33-28(36)23(39-29(33)31-16)14-17-12-21(30)26(34)22(13-17)38-3/h4-15,25,34H,1-3H3,(H,32,35)/b23-14-/t25-/m0/s1. The van der Waals surface area contributed by atoms with Crippen molar-refractivity contribution in [2.45, 2.75) is 13.0 Å². The van der Waals surface area contributed by atoms with E-state index in [0.29, 0.717) is 43.2 Å². The van der Waals surface area contributed by atoms with Crippen LogP contribution in [0.5, 0.6) is 17.2 Å². The number of nitrogens with one attached hydrogen (secondary N) is 1. The Bertz CT molecular complexity index is 1790. The zero-order valence-electron chi connectivity index (χ0n) is 21.3. The Morgan fingerprint density at radius 2 is 1.87 bits per heavy atom. The lowest BCUT2D eigenvalue weighted by Gasteiger charge is -2.25. The number of para-hydroxylation sites is 1. The third kappa shape index (κ3) is 5.06. The number of nitrogens with zero attached hydrogens (tertiary/aromatic N) is 2. The summed E-state index contributed by atoms with van der Waals surface area (Å²) in [5.74, 6) is 0.240. The Labute approximate surface area is 232 Å². The molecule has 8 nitrogen and oxygen atoms in total. The van der Waals surface area contributed by atoms with E-state index in [1.54, 1.807) is 56.5 Å². The highest BCUT2D eigenvalue weighted by Crippen LogP contribution is 2.35. The number of carbonyl (C=O) groups excluding carboxylic acids is 1. The number of allylic oxidation sites excluding steroid dienone is 1. The van der Waals surface area contributed by atoms with Crippen molar-refractivity contribution in [3.8, 4) is 17.2 Å². The van der Waals surface area contributed by atoms with Crippen LogP contribution in [-0.2, 0) is 4.79 Å². The number of ether oxygens (including phenoxy) is 2. The van der Waals surface area contributed by atoms with Gasteiger partial charge in [-0.05, 0) is 60.5 Å². The topological polar surface area (TPSA) is 102 Å². The number of amides is 1. The summed E-state index contributed by atoms with van der Waals surface area (Å²) in [4.78, 5) is 32.6. The van der Waals surface area contributed by atoms with E-state index in [2.05, 4.69) is 10.3 Å². The molecule has 0 fully saturated rings. The van der Waals surface area contributed by atoms with Gasteiger partial charge in [0.1, 0.15) is 5.75 Å². The van der Waals surface area contributed by atoms with Crippen LogP contribution in [0.1, 0.15) is 24.1 Å². The fourth-order valence-corrected chi connectivity index (χ4v) is 5.71. The monoisotopic (exact) mass is 561 g/mol. The number of halogens is 1. The highest BCUT2D eigenvalue weighted by molar-refractivity contribution is 7.07. The third-order valence-corrected chi connectivity index (χ3v) is 7.55. The number of phenols is 1. The first-order valence-corrected chi connectivity index (χ1v) is 13.1. The zero-order valence-corrected chi connectivity index (χ0v) is 22.8. The molecule has 0 saturated carbocycles. The van der Waals surface area contributed by atoms with Crippen molar-refractivity contribution < 1.29 is 19.4 Å². The fraction of sp³-hybridized carbons (Fsp3) is 0.138. The van der Waals surface area contributed by atoms with Gasteiger partial charge in [0.2, 0.25) is 0 Å². The normalized spacial score (nSPS) is 15.0. The van der Waals surface area contributed by atoms with E-state index in [0.717, 1.165) is 0 Å². The predicted octanol–water partition coefficient (Wildman–Crippen LogP) is 4.25. The van der Waals surface area contributed by atoms with Crippen LogP contribution in [0.4, 0.5) is 5.69 Å². The van der Waals surface area contributed by atoms with Gasteiger partial charge < -0.3 is 19.9 Å². The molecule has 1 atom stereocenters. The number of hydrogen-bond donors (Lipinski definition) is 2. The molecule has 1 aliphatic rings. The van der Waals surface area contributed by atoms with Crippen molar-refractivity contribution in [1.82, 2.24) is 4.57 Å². The molecule has 0 unspecified atom stereocenters. The van der Waals surface area contributed by atoms with Crippen LogP contribution in [0.15, 0.2) is 87.8 Å². The van der Waals surface area contributed by atoms with E-state index in [-0.39, 0.29) is 28.0 Å². The summed E-state index contributed by atoms with van der Waals surface area (Å²) in [6, 6.07) is 18.8. The van der Waals surface area contributed by atoms with Crippen LogP contribution < -0.4 is 29.7 Å². The van der Waals surface area contributed by atoms with Gasteiger partial charge in [-0.2, -0.15) is 0 Å². The van der Waals surface area contributed by atoms with Gasteiger partial charge in [-0.15, -0.1) is 0 Å². The van der Waals surface area contributed by atoms with Crippen LogP contribution in [0.3, 0.4) is 0 Å². The molecule has 1 amide bonds. The second kappa shape index (κ2) is 10.8. The summed E-state index contributed by atoms with van der Waals surface area (Å²) >= 11 is 7.36. The van der Waals surface area contributed by atoms with Gasteiger partial charge in [-0.1, -0.05) is 53.3 Å². The molecule has 2 heterocycles. The first-order valence-electron chi connectivity index (χ1n) is 11.9. The van der Waals surface area contributed by atoms with Gasteiger partial charge in [-0.3, -0.25) is 14.2 Å². The number of hydrogen-bond acceptors (Lipinski definition) is 7. The molecule has 1 aromatic heterocycles. The molecule has 4 aromatic rings. The number of phenolic OH excluding ortho intramolecular Hbond substituents is 1. The van der Waals surface area contributed by atoms with E-state index >= 15 is 0 Å². The zero-order chi connectivity index (χ0) is 27.7. The minimum absolute atomic E-state index is 0.0957. The van der Waals surface area contributed by atoms with Gasteiger partial charge >= 0.3 is 0 Å². The van der Waals surface area contributed by atoms with Gasteiger partial charge in [0, 0.05) is 5.69 Å². The van der Waals surface area contributed by atoms with Gasteiger partial charge in [-0.25, -0.2) is 4.99 Å². The summed E-state index contributed by atoms with van der Waals surface area (Å²) in [5, 5.41) is 13.1. The Balaban J connectivity index is 1.69. The van der Waals surface area contributed by atoms with Crippen molar-refractivity contribution in [2.75, 3.05) is 19.5 Å². The molecule has 39 heavy (non-hydrogen) atoms. The minimum atomic E-state index is -0.750. The molecule has 0 saturated heterocycles. The molecule has 0 bridgehead atoms. The van der Waals surface area contributed by atoms with Gasteiger partial charge in [0.05, 0.1) is 41.1 Å². The third-order valence-electron chi connectivity index (χ3n) is 6.28. The lowest BCUT2D eigenvalue weighted by Crippen LogP contribution is -2.40. The average Bonchev–Trinajstić information content (AvgIpc) is 3.24. The van der Waals surface area contributed by atoms with Crippen molar-refractivity contribution in [1.29, 1.82) is 0 Å². The maximum absolute atomic E-state index is 13.9. The van der Waals surface area contributed by atoms with E-state index in [9.17, 15) is 14.7 Å². The maximum atomic E-state index is 13.9. The van der Waals surface area contributed by atoms with Crippen LogP contribution in [0, 0.1) is 0 Å². The summed E-state index contributed by atoms with van der Waals surface area (Å²) in [6.45, 7) is 1.76. The van der Waals surface area contributed by atoms with E-state index < -0.39 is 6.04 Å². The molecule has 198 valence electrons. The number of methoxy groups -OCH3 is 2. The number of aromatic hydroxyl groups is 1. The number of thiazole rings is 1. The second-order valence-corrected chi connectivity index (χ2v) is 10.1. The highest BCUT2D eigenvalue weighted by Gasteiger charge is 2.32. The Hall–Kier alpha value is -4.34. The molecule has 2 N–H and O–H groups in total.